The van der Waals surface area contributed by atoms with Gasteiger partial charge in [-0.3, -0.25) is 9.59 Å². The number of para-hydroxylation sites is 1. The summed E-state index contributed by atoms with van der Waals surface area (Å²) in [6.45, 7) is 1.70. The summed E-state index contributed by atoms with van der Waals surface area (Å²) in [7, 11) is 0. The van der Waals surface area contributed by atoms with Crippen molar-refractivity contribution in [2.24, 2.45) is 0 Å². The molecule has 0 unspecified atom stereocenters. The summed E-state index contributed by atoms with van der Waals surface area (Å²) in [5.41, 5.74) is 1.20. The number of benzene rings is 2. The fraction of sp³-hybridized carbons (Fsp3) is 0.300. The van der Waals surface area contributed by atoms with Gasteiger partial charge in [0.05, 0.1) is 6.67 Å². The first-order chi connectivity index (χ1) is 12.2. The van der Waals surface area contributed by atoms with Crippen LogP contribution in [0.5, 0.6) is 0 Å². The van der Waals surface area contributed by atoms with Crippen LogP contribution in [-0.4, -0.2) is 42.0 Å². The Bertz CT molecular complexity index is 768. The lowest BCUT2D eigenvalue weighted by atomic mass is 9.85. The third-order valence-corrected chi connectivity index (χ3v) is 5.30. The second kappa shape index (κ2) is 6.24. The molecule has 2 aromatic carbocycles. The first kappa shape index (κ1) is 15.7. The molecule has 0 saturated carbocycles. The van der Waals surface area contributed by atoms with E-state index in [2.05, 4.69) is 10.2 Å². The molecule has 2 fully saturated rings. The number of nitrogens with one attached hydrogen (secondary N) is 1. The summed E-state index contributed by atoms with van der Waals surface area (Å²) in [6, 6.07) is 19.3. The van der Waals surface area contributed by atoms with E-state index in [-0.39, 0.29) is 11.8 Å². The molecule has 1 spiro atoms. The normalized spacial score (nSPS) is 19.1. The molecule has 4 rings (SSSR count). The Hall–Kier alpha value is -2.82. The standard InChI is InChI=1S/C20H21N3O2/c24-18(16-7-3-1-4-8-16)22-13-11-20(12-14-22)19(25)21-15-23(20)17-9-5-2-6-10-17/h1-10H,11-15H2,(H,21,25). The minimum atomic E-state index is -0.547. The third-order valence-electron chi connectivity index (χ3n) is 5.30. The van der Waals surface area contributed by atoms with Gasteiger partial charge in [0.25, 0.3) is 5.91 Å². The van der Waals surface area contributed by atoms with Gasteiger partial charge < -0.3 is 15.1 Å². The molecule has 25 heavy (non-hydrogen) atoms. The van der Waals surface area contributed by atoms with Gasteiger partial charge in [-0.15, -0.1) is 0 Å². The van der Waals surface area contributed by atoms with E-state index < -0.39 is 5.54 Å². The van der Waals surface area contributed by atoms with Crippen LogP contribution in [0.25, 0.3) is 0 Å². The van der Waals surface area contributed by atoms with Gasteiger partial charge in [-0.25, -0.2) is 0 Å². The van der Waals surface area contributed by atoms with Gasteiger partial charge in [-0.1, -0.05) is 36.4 Å². The third kappa shape index (κ3) is 2.65. The summed E-state index contributed by atoms with van der Waals surface area (Å²) in [6.07, 6.45) is 1.29. The van der Waals surface area contributed by atoms with E-state index in [1.54, 1.807) is 0 Å². The van der Waals surface area contributed by atoms with E-state index in [9.17, 15) is 9.59 Å². The fourth-order valence-electron chi connectivity index (χ4n) is 3.88. The molecule has 2 aliphatic heterocycles. The maximum atomic E-state index is 12.6. The van der Waals surface area contributed by atoms with Crippen LogP contribution in [0.4, 0.5) is 5.69 Å². The Balaban J connectivity index is 1.53. The number of anilines is 1. The van der Waals surface area contributed by atoms with Crippen molar-refractivity contribution in [2.45, 2.75) is 18.4 Å². The Morgan fingerprint density at radius 1 is 0.920 bits per heavy atom. The van der Waals surface area contributed by atoms with Crippen molar-refractivity contribution < 1.29 is 9.59 Å². The monoisotopic (exact) mass is 335 g/mol. The van der Waals surface area contributed by atoms with Gasteiger partial charge in [0.2, 0.25) is 5.91 Å². The van der Waals surface area contributed by atoms with Crippen LogP contribution in [0, 0.1) is 0 Å². The average molecular weight is 335 g/mol. The molecular weight excluding hydrogens is 314 g/mol. The summed E-state index contributed by atoms with van der Waals surface area (Å²) < 4.78 is 0. The zero-order valence-electron chi connectivity index (χ0n) is 14.0. The minimum Gasteiger partial charge on any atom is -0.339 e. The van der Waals surface area contributed by atoms with Crippen LogP contribution in [0.1, 0.15) is 23.2 Å². The van der Waals surface area contributed by atoms with Crippen molar-refractivity contribution in [3.63, 3.8) is 0 Å². The molecule has 0 aliphatic carbocycles. The molecule has 128 valence electrons. The summed E-state index contributed by atoms with van der Waals surface area (Å²) in [5, 5.41) is 2.99. The number of carbonyl (C=O) groups is 2. The Labute approximate surface area is 147 Å². The molecule has 0 atom stereocenters. The molecule has 2 aromatic rings. The lowest BCUT2D eigenvalue weighted by Gasteiger charge is -2.43. The van der Waals surface area contributed by atoms with Crippen molar-refractivity contribution in [1.29, 1.82) is 0 Å². The van der Waals surface area contributed by atoms with Crippen LogP contribution in [0.2, 0.25) is 0 Å². The molecule has 0 radical (unpaired) electrons. The molecule has 2 amide bonds. The number of likely N-dealkylation sites (tertiary alicyclic amines) is 1. The molecule has 5 nitrogen and oxygen atoms in total. The van der Waals surface area contributed by atoms with Crippen LogP contribution < -0.4 is 10.2 Å². The van der Waals surface area contributed by atoms with Gasteiger partial charge >= 0.3 is 0 Å². The van der Waals surface area contributed by atoms with Crippen molar-refractivity contribution in [1.82, 2.24) is 10.2 Å². The molecule has 1 N–H and O–H groups in total. The second-order valence-electron chi connectivity index (χ2n) is 6.62. The highest BCUT2D eigenvalue weighted by Crippen LogP contribution is 2.36. The van der Waals surface area contributed by atoms with Crippen molar-refractivity contribution in [2.75, 3.05) is 24.7 Å². The lowest BCUT2D eigenvalue weighted by Crippen LogP contribution is -2.57. The van der Waals surface area contributed by atoms with E-state index in [0.717, 1.165) is 5.69 Å². The fourth-order valence-corrected chi connectivity index (χ4v) is 3.88. The summed E-state index contributed by atoms with van der Waals surface area (Å²) in [4.78, 5) is 29.3. The average Bonchev–Trinajstić information content (AvgIpc) is 2.99. The molecule has 2 saturated heterocycles. The molecule has 5 heteroatoms. The van der Waals surface area contributed by atoms with E-state index in [0.29, 0.717) is 38.2 Å². The van der Waals surface area contributed by atoms with Crippen molar-refractivity contribution >= 4 is 17.5 Å². The first-order valence-electron chi connectivity index (χ1n) is 8.66. The lowest BCUT2D eigenvalue weighted by molar-refractivity contribution is -0.124. The molecule has 2 heterocycles. The number of amides is 2. The number of nitrogens with zero attached hydrogens (tertiary/aromatic N) is 2. The Morgan fingerprint density at radius 3 is 2.16 bits per heavy atom. The number of piperidine rings is 1. The highest BCUT2D eigenvalue weighted by Gasteiger charge is 2.50. The van der Waals surface area contributed by atoms with Crippen LogP contribution in [0.3, 0.4) is 0 Å². The zero-order chi connectivity index (χ0) is 17.3. The number of hydrogen-bond acceptors (Lipinski definition) is 3. The zero-order valence-corrected chi connectivity index (χ0v) is 14.0. The van der Waals surface area contributed by atoms with Gasteiger partial charge in [-0.2, -0.15) is 0 Å². The maximum Gasteiger partial charge on any atom is 0.253 e. The van der Waals surface area contributed by atoms with Gasteiger partial charge in [0.15, 0.2) is 0 Å². The van der Waals surface area contributed by atoms with E-state index in [4.69, 9.17) is 0 Å². The number of hydrogen-bond donors (Lipinski definition) is 1. The molecule has 0 bridgehead atoms. The van der Waals surface area contributed by atoms with Gasteiger partial charge in [0.1, 0.15) is 5.54 Å². The van der Waals surface area contributed by atoms with Crippen molar-refractivity contribution in [3.8, 4) is 0 Å². The van der Waals surface area contributed by atoms with E-state index in [1.165, 1.54) is 0 Å². The van der Waals surface area contributed by atoms with Gasteiger partial charge in [-0.05, 0) is 37.1 Å². The maximum absolute atomic E-state index is 12.6. The number of rotatable bonds is 2. The summed E-state index contributed by atoms with van der Waals surface area (Å²) in [5.74, 6) is 0.114. The smallest absolute Gasteiger partial charge is 0.253 e. The highest BCUT2D eigenvalue weighted by atomic mass is 16.2. The van der Waals surface area contributed by atoms with E-state index >= 15 is 0 Å². The first-order valence-corrected chi connectivity index (χ1v) is 8.66. The predicted molar refractivity (Wildman–Crippen MR) is 96.2 cm³/mol. The molecule has 2 aliphatic rings. The number of carbonyl (C=O) groups excluding carboxylic acids is 2. The molecule has 0 aromatic heterocycles. The summed E-state index contributed by atoms with van der Waals surface area (Å²) >= 11 is 0. The van der Waals surface area contributed by atoms with Crippen LogP contribution >= 0.6 is 0 Å². The minimum absolute atomic E-state index is 0.0418. The quantitative estimate of drug-likeness (QED) is 0.916. The predicted octanol–water partition coefficient (Wildman–Crippen LogP) is 2.26. The highest BCUT2D eigenvalue weighted by molar-refractivity contribution is 5.96. The topological polar surface area (TPSA) is 52.7 Å². The Kier molecular flexibility index (Phi) is 3.92. The van der Waals surface area contributed by atoms with Crippen LogP contribution in [-0.2, 0) is 4.79 Å². The van der Waals surface area contributed by atoms with Gasteiger partial charge in [0, 0.05) is 24.3 Å². The van der Waals surface area contributed by atoms with E-state index in [1.807, 2.05) is 65.6 Å². The SMILES string of the molecule is O=C(c1ccccc1)N1CCC2(CC1)C(=O)NCN2c1ccccc1. The molecular formula is C20H21N3O2. The largest absolute Gasteiger partial charge is 0.339 e. The van der Waals surface area contributed by atoms with Crippen molar-refractivity contribution in [3.05, 3.63) is 66.2 Å². The van der Waals surface area contributed by atoms with Crippen LogP contribution in [0.15, 0.2) is 60.7 Å². The Morgan fingerprint density at radius 2 is 1.52 bits per heavy atom. The second-order valence-corrected chi connectivity index (χ2v) is 6.62.